The fourth-order valence-electron chi connectivity index (χ4n) is 2.71. The lowest BCUT2D eigenvalue weighted by molar-refractivity contribution is 0.0833. The first-order valence-corrected chi connectivity index (χ1v) is 5.80. The Kier molecular flexibility index (Phi) is 2.46. The van der Waals surface area contributed by atoms with Gasteiger partial charge >= 0.3 is 0 Å². The number of fused-ring (bicyclic) bond motifs is 3. The van der Waals surface area contributed by atoms with Crippen LogP contribution in [0.3, 0.4) is 0 Å². The van der Waals surface area contributed by atoms with Gasteiger partial charge in [-0.2, -0.15) is 0 Å². The van der Waals surface area contributed by atoms with Gasteiger partial charge in [-0.15, -0.1) is 0 Å². The van der Waals surface area contributed by atoms with Gasteiger partial charge in [-0.05, 0) is 22.3 Å². The van der Waals surface area contributed by atoms with Gasteiger partial charge in [0.2, 0.25) is 0 Å². The molecule has 2 nitrogen and oxygen atoms in total. The molecule has 17 heavy (non-hydrogen) atoms. The molecule has 1 atom stereocenters. The second-order valence-corrected chi connectivity index (χ2v) is 4.40. The Labute approximate surface area is 100 Å². The zero-order valence-electron chi connectivity index (χ0n) is 9.38. The number of hydrogen-bond acceptors (Lipinski definition) is 2. The topological polar surface area (TPSA) is 40.5 Å². The van der Waals surface area contributed by atoms with E-state index in [9.17, 15) is 10.2 Å². The molecule has 1 unspecified atom stereocenters. The molecule has 0 saturated heterocycles. The van der Waals surface area contributed by atoms with Crippen molar-refractivity contribution in [3.63, 3.8) is 0 Å². The van der Waals surface area contributed by atoms with Gasteiger partial charge in [0.25, 0.3) is 0 Å². The molecule has 2 aromatic carbocycles. The Balaban J connectivity index is 2.23. The molecule has 0 amide bonds. The Hall–Kier alpha value is -1.64. The lowest BCUT2D eigenvalue weighted by Crippen LogP contribution is -2.21. The molecular formula is C15H14O2. The van der Waals surface area contributed by atoms with Crippen molar-refractivity contribution in [2.75, 3.05) is 6.61 Å². The first kappa shape index (κ1) is 10.5. The van der Waals surface area contributed by atoms with E-state index < -0.39 is 6.10 Å². The van der Waals surface area contributed by atoms with E-state index in [4.69, 9.17) is 0 Å². The maximum Gasteiger partial charge on any atom is 0.0880 e. The summed E-state index contributed by atoms with van der Waals surface area (Å²) in [6.45, 7) is -0.215. The lowest BCUT2D eigenvalue weighted by Gasteiger charge is -2.18. The molecule has 2 aromatic rings. The van der Waals surface area contributed by atoms with Crippen LogP contribution < -0.4 is 0 Å². The van der Waals surface area contributed by atoms with Crippen LogP contribution in [0, 0.1) is 0 Å². The van der Waals surface area contributed by atoms with E-state index in [1.54, 1.807) is 0 Å². The first-order chi connectivity index (χ1) is 8.33. The molecule has 1 aliphatic rings. The van der Waals surface area contributed by atoms with Gasteiger partial charge < -0.3 is 10.2 Å². The SMILES string of the molecule is OCC(O)C1c2ccccc2-c2ccccc21. The molecule has 0 spiro atoms. The first-order valence-electron chi connectivity index (χ1n) is 5.80. The van der Waals surface area contributed by atoms with Crippen LogP contribution in [0.2, 0.25) is 0 Å². The summed E-state index contributed by atoms with van der Waals surface area (Å²) < 4.78 is 0. The molecule has 0 saturated carbocycles. The molecule has 0 aromatic heterocycles. The lowest BCUT2D eigenvalue weighted by atomic mass is 9.92. The summed E-state index contributed by atoms with van der Waals surface area (Å²) in [6.07, 6.45) is -0.736. The largest absolute Gasteiger partial charge is 0.394 e. The van der Waals surface area contributed by atoms with E-state index in [1.807, 2.05) is 36.4 Å². The van der Waals surface area contributed by atoms with Crippen LogP contribution >= 0.6 is 0 Å². The highest BCUT2D eigenvalue weighted by molar-refractivity contribution is 5.79. The van der Waals surface area contributed by atoms with Gasteiger partial charge in [0.15, 0.2) is 0 Å². The minimum absolute atomic E-state index is 0.104. The van der Waals surface area contributed by atoms with Crippen molar-refractivity contribution in [3.8, 4) is 11.1 Å². The average Bonchev–Trinajstić information content (AvgIpc) is 2.72. The number of benzene rings is 2. The van der Waals surface area contributed by atoms with Gasteiger partial charge in [-0.25, -0.2) is 0 Å². The van der Waals surface area contributed by atoms with Crippen molar-refractivity contribution in [1.29, 1.82) is 0 Å². The van der Waals surface area contributed by atoms with E-state index >= 15 is 0 Å². The highest BCUT2D eigenvalue weighted by Crippen LogP contribution is 2.45. The maximum atomic E-state index is 10.0. The van der Waals surface area contributed by atoms with Crippen molar-refractivity contribution in [2.45, 2.75) is 12.0 Å². The van der Waals surface area contributed by atoms with Gasteiger partial charge in [0.1, 0.15) is 0 Å². The highest BCUT2D eigenvalue weighted by atomic mass is 16.3. The van der Waals surface area contributed by atoms with E-state index in [-0.39, 0.29) is 12.5 Å². The molecule has 86 valence electrons. The van der Waals surface area contributed by atoms with Crippen molar-refractivity contribution >= 4 is 0 Å². The fraction of sp³-hybridized carbons (Fsp3) is 0.200. The smallest absolute Gasteiger partial charge is 0.0880 e. The van der Waals surface area contributed by atoms with Gasteiger partial charge in [0.05, 0.1) is 12.7 Å². The minimum Gasteiger partial charge on any atom is -0.394 e. The normalized spacial score (nSPS) is 15.4. The monoisotopic (exact) mass is 226 g/mol. The zero-order chi connectivity index (χ0) is 11.8. The number of rotatable bonds is 2. The van der Waals surface area contributed by atoms with Crippen molar-refractivity contribution in [1.82, 2.24) is 0 Å². The molecule has 0 fully saturated rings. The Morgan fingerprint density at radius 3 is 1.82 bits per heavy atom. The maximum absolute atomic E-state index is 10.0. The van der Waals surface area contributed by atoms with Gasteiger partial charge in [-0.1, -0.05) is 48.5 Å². The Morgan fingerprint density at radius 1 is 0.882 bits per heavy atom. The van der Waals surface area contributed by atoms with E-state index in [2.05, 4.69) is 12.1 Å². The van der Waals surface area contributed by atoms with Crippen molar-refractivity contribution < 1.29 is 10.2 Å². The summed E-state index contributed by atoms with van der Waals surface area (Å²) >= 11 is 0. The Bertz CT molecular complexity index is 503. The third kappa shape index (κ3) is 1.49. The quantitative estimate of drug-likeness (QED) is 0.823. The molecule has 0 radical (unpaired) electrons. The fourth-order valence-corrected chi connectivity index (χ4v) is 2.71. The van der Waals surface area contributed by atoms with Crippen LogP contribution in [-0.2, 0) is 0 Å². The van der Waals surface area contributed by atoms with Crippen LogP contribution in [0.15, 0.2) is 48.5 Å². The summed E-state index contributed by atoms with van der Waals surface area (Å²) in [4.78, 5) is 0. The van der Waals surface area contributed by atoms with Crippen LogP contribution in [-0.4, -0.2) is 22.9 Å². The van der Waals surface area contributed by atoms with E-state index in [0.29, 0.717) is 0 Å². The standard InChI is InChI=1S/C15H14O2/c16-9-14(17)15-12-7-3-1-5-10(12)11-6-2-4-8-13(11)15/h1-8,14-17H,9H2. The summed E-state index contributed by atoms with van der Waals surface area (Å²) in [7, 11) is 0. The molecule has 1 aliphatic carbocycles. The summed E-state index contributed by atoms with van der Waals surface area (Å²) in [5.41, 5.74) is 4.55. The van der Waals surface area contributed by atoms with E-state index in [1.165, 1.54) is 11.1 Å². The molecular weight excluding hydrogens is 212 g/mol. The predicted octanol–water partition coefficient (Wildman–Crippen LogP) is 2.15. The molecule has 0 bridgehead atoms. The van der Waals surface area contributed by atoms with Crippen LogP contribution in [0.4, 0.5) is 0 Å². The molecule has 2 heteroatoms. The molecule has 0 heterocycles. The molecule has 0 aliphatic heterocycles. The van der Waals surface area contributed by atoms with Crippen LogP contribution in [0.1, 0.15) is 17.0 Å². The van der Waals surface area contributed by atoms with Crippen LogP contribution in [0.25, 0.3) is 11.1 Å². The third-order valence-electron chi connectivity index (χ3n) is 3.45. The number of aliphatic hydroxyl groups excluding tert-OH is 2. The van der Waals surface area contributed by atoms with Crippen LogP contribution in [0.5, 0.6) is 0 Å². The minimum atomic E-state index is -0.736. The third-order valence-corrected chi connectivity index (χ3v) is 3.45. The Morgan fingerprint density at radius 2 is 1.35 bits per heavy atom. The summed E-state index contributed by atoms with van der Waals surface area (Å²) in [5, 5.41) is 19.2. The number of aliphatic hydroxyl groups is 2. The number of hydrogen-bond donors (Lipinski definition) is 2. The summed E-state index contributed by atoms with van der Waals surface area (Å²) in [5.74, 6) is -0.104. The average molecular weight is 226 g/mol. The predicted molar refractivity (Wildman–Crippen MR) is 66.8 cm³/mol. The van der Waals surface area contributed by atoms with Crippen molar-refractivity contribution in [2.24, 2.45) is 0 Å². The zero-order valence-corrected chi connectivity index (χ0v) is 9.38. The molecule has 2 N–H and O–H groups in total. The second-order valence-electron chi connectivity index (χ2n) is 4.40. The van der Waals surface area contributed by atoms with Crippen molar-refractivity contribution in [3.05, 3.63) is 59.7 Å². The highest BCUT2D eigenvalue weighted by Gasteiger charge is 2.32. The second kappa shape index (κ2) is 3.99. The van der Waals surface area contributed by atoms with Gasteiger partial charge in [-0.3, -0.25) is 0 Å². The molecule has 3 rings (SSSR count). The van der Waals surface area contributed by atoms with E-state index in [0.717, 1.165) is 11.1 Å². The summed E-state index contributed by atoms with van der Waals surface area (Å²) in [6, 6.07) is 16.1. The van der Waals surface area contributed by atoms with Gasteiger partial charge in [0, 0.05) is 5.92 Å².